The van der Waals surface area contributed by atoms with Crippen molar-refractivity contribution >= 4 is 0 Å². The lowest BCUT2D eigenvalue weighted by Crippen LogP contribution is -2.41. The minimum atomic E-state index is 0.736. The first-order valence-corrected chi connectivity index (χ1v) is 4.98. The van der Waals surface area contributed by atoms with Crippen molar-refractivity contribution in [3.63, 3.8) is 0 Å². The molecule has 2 nitrogen and oxygen atoms in total. The predicted octanol–water partition coefficient (Wildman–Crippen LogP) is 1.97. The molecule has 1 fully saturated rings. The van der Waals surface area contributed by atoms with E-state index < -0.39 is 0 Å². The number of rotatable bonds is 3. The van der Waals surface area contributed by atoms with Crippen LogP contribution >= 0.6 is 0 Å². The van der Waals surface area contributed by atoms with E-state index in [9.17, 15) is 0 Å². The van der Waals surface area contributed by atoms with Crippen LogP contribution in [0.4, 0.5) is 0 Å². The van der Waals surface area contributed by atoms with Crippen LogP contribution in [0.15, 0.2) is 24.5 Å². The average molecular weight is 176 g/mol. The summed E-state index contributed by atoms with van der Waals surface area (Å²) < 4.78 is 0. The van der Waals surface area contributed by atoms with Crippen LogP contribution in [0.1, 0.15) is 25.3 Å². The quantitative estimate of drug-likeness (QED) is 0.761. The van der Waals surface area contributed by atoms with E-state index in [-0.39, 0.29) is 0 Å². The minimum absolute atomic E-state index is 0.736. The third-order valence-electron chi connectivity index (χ3n) is 2.91. The highest BCUT2D eigenvalue weighted by molar-refractivity contribution is 5.08. The van der Waals surface area contributed by atoms with Crippen LogP contribution in [0.3, 0.4) is 0 Å². The lowest BCUT2D eigenvalue weighted by Gasteiger charge is -2.34. The molecule has 1 aromatic rings. The topological polar surface area (TPSA) is 24.9 Å². The van der Waals surface area contributed by atoms with E-state index in [1.54, 1.807) is 0 Å². The maximum atomic E-state index is 4.09. The van der Waals surface area contributed by atoms with Crippen molar-refractivity contribution in [1.82, 2.24) is 10.3 Å². The van der Waals surface area contributed by atoms with E-state index >= 15 is 0 Å². The van der Waals surface area contributed by atoms with Crippen LogP contribution in [-0.2, 0) is 6.54 Å². The Kier molecular flexibility index (Phi) is 2.60. The molecule has 2 atom stereocenters. The van der Waals surface area contributed by atoms with Gasteiger partial charge in [-0.2, -0.15) is 0 Å². The first kappa shape index (κ1) is 8.70. The first-order chi connectivity index (χ1) is 6.36. The summed E-state index contributed by atoms with van der Waals surface area (Å²) in [6.07, 6.45) is 6.46. The maximum absolute atomic E-state index is 4.09. The van der Waals surface area contributed by atoms with Crippen molar-refractivity contribution in [3.8, 4) is 0 Å². The fraction of sp³-hybridized carbons (Fsp3) is 0.545. The molecule has 1 aliphatic carbocycles. The van der Waals surface area contributed by atoms with Crippen LogP contribution in [0.5, 0.6) is 0 Å². The molecule has 0 aromatic carbocycles. The van der Waals surface area contributed by atoms with Crippen LogP contribution in [0.25, 0.3) is 0 Å². The molecule has 2 rings (SSSR count). The van der Waals surface area contributed by atoms with Crippen LogP contribution in [0.2, 0.25) is 0 Å². The molecule has 1 heterocycles. The van der Waals surface area contributed by atoms with Crippen molar-refractivity contribution in [2.24, 2.45) is 5.92 Å². The van der Waals surface area contributed by atoms with Crippen molar-refractivity contribution in [3.05, 3.63) is 30.1 Å². The lowest BCUT2D eigenvalue weighted by molar-refractivity contribution is 0.228. The highest BCUT2D eigenvalue weighted by Crippen LogP contribution is 2.26. The van der Waals surface area contributed by atoms with Gasteiger partial charge in [0.05, 0.1) is 0 Å². The summed E-state index contributed by atoms with van der Waals surface area (Å²) in [5, 5.41) is 3.55. The van der Waals surface area contributed by atoms with Crippen LogP contribution in [0, 0.1) is 5.92 Å². The fourth-order valence-corrected chi connectivity index (χ4v) is 1.72. The standard InChI is InChI=1S/C11H16N2/c1-9-4-5-11(9)13-8-10-3-2-6-12-7-10/h2-3,6-7,9,11,13H,4-5,8H2,1H3. The summed E-state index contributed by atoms with van der Waals surface area (Å²) in [7, 11) is 0. The summed E-state index contributed by atoms with van der Waals surface area (Å²) in [6, 6.07) is 4.84. The summed E-state index contributed by atoms with van der Waals surface area (Å²) >= 11 is 0. The lowest BCUT2D eigenvalue weighted by atomic mass is 9.81. The maximum Gasteiger partial charge on any atom is 0.0312 e. The van der Waals surface area contributed by atoms with Gasteiger partial charge in [0, 0.05) is 25.0 Å². The largest absolute Gasteiger partial charge is 0.310 e. The SMILES string of the molecule is CC1CCC1NCc1cccnc1. The molecule has 0 spiro atoms. The van der Waals surface area contributed by atoms with Gasteiger partial charge in [-0.3, -0.25) is 4.98 Å². The number of aromatic nitrogens is 1. The summed E-state index contributed by atoms with van der Waals surface area (Å²) in [4.78, 5) is 4.09. The normalized spacial score (nSPS) is 26.8. The fourth-order valence-electron chi connectivity index (χ4n) is 1.72. The van der Waals surface area contributed by atoms with Gasteiger partial charge < -0.3 is 5.32 Å². The van der Waals surface area contributed by atoms with Crippen molar-refractivity contribution in [2.45, 2.75) is 32.4 Å². The molecule has 1 aliphatic rings. The smallest absolute Gasteiger partial charge is 0.0312 e. The highest BCUT2D eigenvalue weighted by Gasteiger charge is 2.25. The van der Waals surface area contributed by atoms with Crippen LogP contribution in [-0.4, -0.2) is 11.0 Å². The monoisotopic (exact) mass is 176 g/mol. The molecular formula is C11H16N2. The molecule has 0 amide bonds. The second-order valence-electron chi connectivity index (χ2n) is 3.90. The van der Waals surface area contributed by atoms with Gasteiger partial charge in [-0.1, -0.05) is 13.0 Å². The Morgan fingerprint density at radius 2 is 2.46 bits per heavy atom. The van der Waals surface area contributed by atoms with Crippen molar-refractivity contribution < 1.29 is 0 Å². The zero-order valence-corrected chi connectivity index (χ0v) is 8.03. The molecule has 13 heavy (non-hydrogen) atoms. The van der Waals surface area contributed by atoms with Gasteiger partial charge in [-0.05, 0) is 30.4 Å². The molecule has 1 saturated carbocycles. The molecule has 2 heteroatoms. The van der Waals surface area contributed by atoms with E-state index in [1.165, 1.54) is 18.4 Å². The van der Waals surface area contributed by atoms with Gasteiger partial charge in [-0.15, -0.1) is 0 Å². The Labute approximate surface area is 79.4 Å². The van der Waals surface area contributed by atoms with Gasteiger partial charge in [0.15, 0.2) is 0 Å². The van der Waals surface area contributed by atoms with E-state index in [0.29, 0.717) is 0 Å². The number of hydrogen-bond donors (Lipinski definition) is 1. The Balaban J connectivity index is 1.80. The van der Waals surface area contributed by atoms with Gasteiger partial charge >= 0.3 is 0 Å². The molecule has 1 N–H and O–H groups in total. The number of nitrogens with one attached hydrogen (secondary N) is 1. The molecular weight excluding hydrogens is 160 g/mol. The average Bonchev–Trinajstić information content (AvgIpc) is 2.17. The van der Waals surface area contributed by atoms with E-state index in [0.717, 1.165) is 18.5 Å². The molecule has 0 bridgehead atoms. The summed E-state index contributed by atoms with van der Waals surface area (Å²) in [6.45, 7) is 3.27. The zero-order valence-electron chi connectivity index (χ0n) is 8.03. The van der Waals surface area contributed by atoms with E-state index in [1.807, 2.05) is 18.5 Å². The predicted molar refractivity (Wildman–Crippen MR) is 53.3 cm³/mol. The summed E-state index contributed by atoms with van der Waals surface area (Å²) in [5.41, 5.74) is 1.28. The van der Waals surface area contributed by atoms with Gasteiger partial charge in [0.25, 0.3) is 0 Å². The number of pyridine rings is 1. The molecule has 0 radical (unpaired) electrons. The number of hydrogen-bond acceptors (Lipinski definition) is 2. The minimum Gasteiger partial charge on any atom is -0.310 e. The Hall–Kier alpha value is -0.890. The first-order valence-electron chi connectivity index (χ1n) is 4.98. The van der Waals surface area contributed by atoms with Crippen molar-refractivity contribution in [2.75, 3.05) is 0 Å². The second-order valence-corrected chi connectivity index (χ2v) is 3.90. The second kappa shape index (κ2) is 3.88. The third-order valence-corrected chi connectivity index (χ3v) is 2.91. The molecule has 70 valence electrons. The summed E-state index contributed by atoms with van der Waals surface area (Å²) in [5.74, 6) is 0.858. The Bertz CT molecular complexity index is 258. The highest BCUT2D eigenvalue weighted by atomic mass is 14.9. The Morgan fingerprint density at radius 3 is 3.00 bits per heavy atom. The van der Waals surface area contributed by atoms with Gasteiger partial charge in [-0.25, -0.2) is 0 Å². The van der Waals surface area contributed by atoms with Gasteiger partial charge in [0.1, 0.15) is 0 Å². The third kappa shape index (κ3) is 2.07. The Morgan fingerprint density at radius 1 is 1.54 bits per heavy atom. The molecule has 0 saturated heterocycles. The van der Waals surface area contributed by atoms with Gasteiger partial charge in [0.2, 0.25) is 0 Å². The zero-order chi connectivity index (χ0) is 9.10. The molecule has 1 aromatic heterocycles. The van der Waals surface area contributed by atoms with E-state index in [4.69, 9.17) is 0 Å². The number of nitrogens with zero attached hydrogens (tertiary/aromatic N) is 1. The van der Waals surface area contributed by atoms with Crippen molar-refractivity contribution in [1.29, 1.82) is 0 Å². The molecule has 0 aliphatic heterocycles. The molecule has 2 unspecified atom stereocenters. The van der Waals surface area contributed by atoms with E-state index in [2.05, 4.69) is 23.3 Å². The van der Waals surface area contributed by atoms with Crippen LogP contribution < -0.4 is 5.32 Å².